The zero-order chi connectivity index (χ0) is 20.7. The monoisotopic (exact) mass is 646 g/mol. The van der Waals surface area contributed by atoms with Gasteiger partial charge in [-0.15, -0.1) is 0 Å². The number of rotatable bonds is 17. The summed E-state index contributed by atoms with van der Waals surface area (Å²) in [5, 5.41) is 11.8. The molecule has 0 aliphatic heterocycles. The van der Waals surface area contributed by atoms with Crippen molar-refractivity contribution in [3.63, 3.8) is 0 Å². The molecule has 28 heavy (non-hydrogen) atoms. The zero-order valence-corrected chi connectivity index (χ0v) is 19.7. The van der Waals surface area contributed by atoms with Crippen molar-refractivity contribution >= 4 is 18.3 Å². The van der Waals surface area contributed by atoms with Crippen molar-refractivity contribution < 1.29 is 33.4 Å². The van der Waals surface area contributed by atoms with Crippen LogP contribution in [0, 0.1) is 0 Å². The Morgan fingerprint density at radius 2 is 1.71 bits per heavy atom. The Bertz CT molecular complexity index is 446. The summed E-state index contributed by atoms with van der Waals surface area (Å²) in [7, 11) is 7.70. The first kappa shape index (κ1) is 27.5. The van der Waals surface area contributed by atoms with Gasteiger partial charge in [-0.05, 0) is 26.3 Å². The van der Waals surface area contributed by atoms with E-state index < -0.39 is 12.0 Å². The third-order valence-corrected chi connectivity index (χ3v) is 3.87. The third kappa shape index (κ3) is 15.5. The van der Waals surface area contributed by atoms with Crippen LogP contribution in [0.15, 0.2) is 0 Å². The molecule has 0 rings (SSSR count). The van der Waals surface area contributed by atoms with Crippen LogP contribution in [-0.4, -0.2) is 107 Å². The van der Waals surface area contributed by atoms with Crippen molar-refractivity contribution in [2.24, 2.45) is 0 Å². The predicted octanol–water partition coefficient (Wildman–Crippen LogP) is -0.145. The van der Waals surface area contributed by atoms with E-state index >= 15 is 0 Å². The maximum Gasteiger partial charge on any atom is 0.323 e. The number of carboxylic acids is 1. The van der Waals surface area contributed by atoms with E-state index in [1.807, 2.05) is 0 Å². The molecule has 10 heteroatoms. The van der Waals surface area contributed by atoms with Gasteiger partial charge >= 0.3 is 5.97 Å². The fourth-order valence-electron chi connectivity index (χ4n) is 2.15. The molecule has 1 unspecified atom stereocenters. The van der Waals surface area contributed by atoms with E-state index in [9.17, 15) is 14.4 Å². The zero-order valence-electron chi connectivity index (χ0n) is 17.3. The first-order valence-electron chi connectivity index (χ1n) is 9.23. The summed E-state index contributed by atoms with van der Waals surface area (Å²) in [5.74, 6) is -1.16. The first-order chi connectivity index (χ1) is 12.7. The minimum absolute atomic E-state index is 0. The van der Waals surface area contributed by atoms with Crippen LogP contribution in [-0.2, 0) is 23.9 Å². The maximum atomic E-state index is 11.7. The van der Waals surface area contributed by atoms with Gasteiger partial charge in [-0.1, -0.05) is 0 Å². The second kappa shape index (κ2) is 15.4. The molecule has 0 radical (unpaired) electrons. The number of aliphatic carboxylic acids is 1. The molecule has 0 fully saturated rings. The van der Waals surface area contributed by atoms with Crippen LogP contribution in [0.1, 0.15) is 25.7 Å². The van der Waals surface area contributed by atoms with Crippen molar-refractivity contribution in [3.8, 4) is 0 Å². The quantitative estimate of drug-likeness (QED) is 0.0988. The SMILES string of the molecule is CN([C-]=O)C(CCCCNC(=O)CCOCCOCC[N+](C)(C)C)C(=O)O.[Fm]. The van der Waals surface area contributed by atoms with Crippen LogP contribution in [0.3, 0.4) is 0 Å². The number of hydrogen-bond acceptors (Lipinski definition) is 5. The standard InChI is InChI=1S/C18H35N3O6.Fm/c1-20(15-22)16(18(24)25)7-5-6-9-19-17(23)8-11-26-13-14-27-12-10-21(2,3)4;/h16H,5-14H2,1-4H3,(H,19,23)(H,24,25);. The molecule has 1 atom stereocenters. The van der Waals surface area contributed by atoms with Crippen molar-refractivity contribution in [3.05, 3.63) is 0 Å². The van der Waals surface area contributed by atoms with Gasteiger partial charge in [-0.3, -0.25) is 9.59 Å². The molecule has 0 heterocycles. The number of quaternary nitrogens is 1. The average molecular weight is 646 g/mol. The Morgan fingerprint density at radius 3 is 2.25 bits per heavy atom. The Hall–Kier alpha value is -2.71. The third-order valence-electron chi connectivity index (χ3n) is 3.87. The summed E-state index contributed by atoms with van der Waals surface area (Å²) in [6.07, 6.45) is 3.40. The Morgan fingerprint density at radius 1 is 1.11 bits per heavy atom. The van der Waals surface area contributed by atoms with Crippen LogP contribution in [0.5, 0.6) is 0 Å². The van der Waals surface area contributed by atoms with Crippen LogP contribution < -0.4 is 5.32 Å². The molecule has 0 aromatic carbocycles. The van der Waals surface area contributed by atoms with E-state index in [0.717, 1.165) is 15.9 Å². The number of carbonyl (C=O) groups excluding carboxylic acids is 2. The van der Waals surface area contributed by atoms with E-state index in [1.165, 1.54) is 7.05 Å². The summed E-state index contributed by atoms with van der Waals surface area (Å²) in [5.41, 5.74) is 0. The number of unbranched alkanes of at least 4 members (excludes halogenated alkanes) is 1. The number of nitrogens with one attached hydrogen (secondary N) is 1. The number of carboxylic acid groups (broad SMARTS) is 1. The molecule has 0 saturated heterocycles. The van der Waals surface area contributed by atoms with E-state index in [0.29, 0.717) is 52.2 Å². The second-order valence-electron chi connectivity index (χ2n) is 7.39. The van der Waals surface area contributed by atoms with Gasteiger partial charge in [-0.25, -0.2) is 0 Å². The Balaban J connectivity index is 0. The molecular formula is C18H35FmN3O6. The summed E-state index contributed by atoms with van der Waals surface area (Å²) in [6.45, 7) is 3.39. The van der Waals surface area contributed by atoms with Gasteiger partial charge < -0.3 is 34.1 Å². The second-order valence-corrected chi connectivity index (χ2v) is 7.39. The summed E-state index contributed by atoms with van der Waals surface area (Å²) in [4.78, 5) is 34.2. The smallest absolute Gasteiger partial charge is 0.323 e. The topological polar surface area (TPSA) is 105 Å². The summed E-state index contributed by atoms with van der Waals surface area (Å²) in [6, 6.07) is -0.879. The molecule has 0 aliphatic carbocycles. The van der Waals surface area contributed by atoms with E-state index in [2.05, 4.69) is 26.5 Å². The van der Waals surface area contributed by atoms with Gasteiger partial charge in [0.05, 0.1) is 53.6 Å². The fourth-order valence-corrected chi connectivity index (χ4v) is 2.15. The van der Waals surface area contributed by atoms with Gasteiger partial charge in [-0.2, -0.15) is 6.41 Å². The van der Waals surface area contributed by atoms with Gasteiger partial charge in [0.15, 0.2) is 0 Å². The molecule has 9 nitrogen and oxygen atoms in total. The van der Waals surface area contributed by atoms with Crippen LogP contribution in [0.4, 0.5) is 0 Å². The number of hydrogen-bond donors (Lipinski definition) is 2. The summed E-state index contributed by atoms with van der Waals surface area (Å²) < 4.78 is 11.7. The molecule has 0 bridgehead atoms. The van der Waals surface area contributed by atoms with Gasteiger partial charge in [0.1, 0.15) is 6.54 Å². The van der Waals surface area contributed by atoms with Gasteiger partial charge in [0.2, 0.25) is 5.91 Å². The van der Waals surface area contributed by atoms with Crippen LogP contribution in [0.25, 0.3) is 0 Å². The number of carbonyl (C=O) groups is 2. The molecule has 0 aromatic rings. The maximum absolute atomic E-state index is 11.7. The number of likely N-dealkylation sites (N-methyl/N-ethyl adjacent to an activating group) is 2. The Kier molecular flexibility index (Phi) is 15.1. The number of nitrogens with zero attached hydrogens (tertiary/aromatic N) is 2. The molecule has 0 aromatic heterocycles. The molecule has 0 saturated carbocycles. The van der Waals surface area contributed by atoms with Crippen molar-refractivity contribution in [1.82, 2.24) is 10.2 Å². The molecule has 2 N–H and O–H groups in total. The average Bonchev–Trinajstić information content (AvgIpc) is 2.58. The van der Waals surface area contributed by atoms with Crippen LogP contribution in [0.2, 0.25) is 0 Å². The predicted molar refractivity (Wildman–Crippen MR) is 101 cm³/mol. The molecular weight excluding hydrogens is 611 g/mol. The molecule has 0 spiro atoms. The first-order valence-corrected chi connectivity index (χ1v) is 9.23. The van der Waals surface area contributed by atoms with Crippen LogP contribution >= 0.6 is 0 Å². The van der Waals surface area contributed by atoms with Crippen molar-refractivity contribution in [2.75, 3.05) is 67.7 Å². The largest absolute Gasteiger partial charge is 0.520 e. The summed E-state index contributed by atoms with van der Waals surface area (Å²) >= 11 is 0. The number of amides is 2. The Labute approximate surface area is 162 Å². The molecule has 2 amide bonds. The number of ether oxygens (including phenoxy) is 2. The molecule has 0 aliphatic rings. The normalized spacial score (nSPS) is 12.0. The van der Waals surface area contributed by atoms with Crippen molar-refractivity contribution in [2.45, 2.75) is 31.7 Å². The molecule has 170 valence electrons. The fraction of sp³-hybridized carbons (Fsp3) is 0.833. The van der Waals surface area contributed by atoms with E-state index in [1.54, 1.807) is 6.41 Å². The van der Waals surface area contributed by atoms with E-state index in [4.69, 9.17) is 14.6 Å². The van der Waals surface area contributed by atoms with Crippen molar-refractivity contribution in [1.29, 1.82) is 0 Å². The van der Waals surface area contributed by atoms with E-state index in [-0.39, 0.29) is 12.3 Å². The minimum Gasteiger partial charge on any atom is -0.520 e. The van der Waals surface area contributed by atoms with Gasteiger partial charge in [0.25, 0.3) is 0 Å². The van der Waals surface area contributed by atoms with Gasteiger partial charge in [0, 0.05) is 13.0 Å². The minimum atomic E-state index is -1.05.